The van der Waals surface area contributed by atoms with Crippen LogP contribution in [0.5, 0.6) is 0 Å². The first kappa shape index (κ1) is 13.2. The SMILES string of the molecule is CCCCCc1nc2c(Br)c(C)ncc2c(=O)[nH]1. The van der Waals surface area contributed by atoms with E-state index in [-0.39, 0.29) is 5.56 Å². The molecule has 0 saturated carbocycles. The number of pyridine rings is 1. The predicted octanol–water partition coefficient (Wildman–Crippen LogP) is 3.12. The molecule has 0 aliphatic rings. The number of aromatic amines is 1. The Kier molecular flexibility index (Phi) is 4.11. The molecule has 0 aromatic carbocycles. The zero-order valence-corrected chi connectivity index (χ0v) is 12.2. The number of hydrogen-bond donors (Lipinski definition) is 1. The van der Waals surface area contributed by atoms with Gasteiger partial charge in [0.05, 0.1) is 21.1 Å². The van der Waals surface area contributed by atoms with Crippen molar-refractivity contribution in [1.82, 2.24) is 15.0 Å². The molecule has 0 radical (unpaired) electrons. The molecule has 5 heteroatoms. The lowest BCUT2D eigenvalue weighted by molar-refractivity contribution is 0.694. The van der Waals surface area contributed by atoms with Gasteiger partial charge in [0.25, 0.3) is 5.56 Å². The van der Waals surface area contributed by atoms with Gasteiger partial charge in [0, 0.05) is 12.6 Å². The number of H-pyrrole nitrogens is 1. The van der Waals surface area contributed by atoms with Gasteiger partial charge in [-0.05, 0) is 29.3 Å². The number of aryl methyl sites for hydroxylation is 2. The van der Waals surface area contributed by atoms with Crippen LogP contribution < -0.4 is 5.56 Å². The van der Waals surface area contributed by atoms with E-state index in [2.05, 4.69) is 37.8 Å². The van der Waals surface area contributed by atoms with Crippen molar-refractivity contribution in [3.05, 3.63) is 32.5 Å². The van der Waals surface area contributed by atoms with Gasteiger partial charge < -0.3 is 4.98 Å². The maximum Gasteiger partial charge on any atom is 0.260 e. The molecule has 0 fully saturated rings. The summed E-state index contributed by atoms with van der Waals surface area (Å²) in [6.45, 7) is 4.05. The normalized spacial score (nSPS) is 11.1. The van der Waals surface area contributed by atoms with Crippen molar-refractivity contribution in [2.75, 3.05) is 0 Å². The van der Waals surface area contributed by atoms with Gasteiger partial charge >= 0.3 is 0 Å². The molecule has 0 spiro atoms. The topological polar surface area (TPSA) is 58.6 Å². The Labute approximate surface area is 114 Å². The minimum absolute atomic E-state index is 0.111. The highest BCUT2D eigenvalue weighted by Crippen LogP contribution is 2.21. The fourth-order valence-electron chi connectivity index (χ4n) is 1.87. The number of unbranched alkanes of at least 4 members (excludes halogenated alkanes) is 2. The summed E-state index contributed by atoms with van der Waals surface area (Å²) in [5, 5.41) is 0.534. The van der Waals surface area contributed by atoms with Crippen molar-refractivity contribution in [3.8, 4) is 0 Å². The molecule has 0 saturated heterocycles. The molecule has 0 aliphatic heterocycles. The monoisotopic (exact) mass is 309 g/mol. The van der Waals surface area contributed by atoms with E-state index in [1.807, 2.05) is 6.92 Å². The van der Waals surface area contributed by atoms with Crippen LogP contribution in [0.4, 0.5) is 0 Å². The van der Waals surface area contributed by atoms with Crippen LogP contribution in [0.15, 0.2) is 15.5 Å². The molecule has 0 amide bonds. The quantitative estimate of drug-likeness (QED) is 0.883. The molecule has 0 unspecified atom stereocenters. The third-order valence-electron chi connectivity index (χ3n) is 2.93. The maximum absolute atomic E-state index is 11.9. The Bertz CT molecular complexity index is 621. The summed E-state index contributed by atoms with van der Waals surface area (Å²) in [6, 6.07) is 0. The molecule has 96 valence electrons. The first-order chi connectivity index (χ1) is 8.63. The molecule has 2 aromatic rings. The first-order valence-electron chi connectivity index (χ1n) is 6.17. The van der Waals surface area contributed by atoms with Gasteiger partial charge in [0.1, 0.15) is 5.82 Å². The first-order valence-corrected chi connectivity index (χ1v) is 6.96. The van der Waals surface area contributed by atoms with Crippen molar-refractivity contribution in [3.63, 3.8) is 0 Å². The van der Waals surface area contributed by atoms with E-state index < -0.39 is 0 Å². The molecule has 2 aromatic heterocycles. The maximum atomic E-state index is 11.9. The molecular weight excluding hydrogens is 294 g/mol. The Morgan fingerprint density at radius 3 is 2.89 bits per heavy atom. The van der Waals surface area contributed by atoms with Crippen LogP contribution in [-0.4, -0.2) is 15.0 Å². The standard InChI is InChI=1S/C13H16BrN3O/c1-3-4-5-6-10-16-12-9(13(18)17-10)7-15-8(2)11(12)14/h7H,3-6H2,1-2H3,(H,16,17,18). The summed E-state index contributed by atoms with van der Waals surface area (Å²) in [5.74, 6) is 0.757. The molecular formula is C13H16BrN3O. The number of fused-ring (bicyclic) bond motifs is 1. The Morgan fingerprint density at radius 2 is 2.17 bits per heavy atom. The number of aromatic nitrogens is 3. The molecule has 1 N–H and O–H groups in total. The lowest BCUT2D eigenvalue weighted by atomic mass is 10.2. The molecule has 18 heavy (non-hydrogen) atoms. The fourth-order valence-corrected chi connectivity index (χ4v) is 2.27. The van der Waals surface area contributed by atoms with Crippen LogP contribution in [0.1, 0.15) is 37.7 Å². The van der Waals surface area contributed by atoms with Gasteiger partial charge in [-0.25, -0.2) is 4.98 Å². The number of halogens is 1. The number of rotatable bonds is 4. The van der Waals surface area contributed by atoms with Gasteiger partial charge in [-0.3, -0.25) is 9.78 Å². The highest BCUT2D eigenvalue weighted by molar-refractivity contribution is 9.10. The average Bonchev–Trinajstić information content (AvgIpc) is 2.35. The Morgan fingerprint density at radius 1 is 1.39 bits per heavy atom. The van der Waals surface area contributed by atoms with E-state index in [0.717, 1.165) is 41.7 Å². The van der Waals surface area contributed by atoms with E-state index in [4.69, 9.17) is 0 Å². The summed E-state index contributed by atoms with van der Waals surface area (Å²) in [4.78, 5) is 23.5. The number of nitrogens with zero attached hydrogens (tertiary/aromatic N) is 2. The van der Waals surface area contributed by atoms with Crippen LogP contribution in [0.3, 0.4) is 0 Å². The van der Waals surface area contributed by atoms with Gasteiger partial charge in [-0.15, -0.1) is 0 Å². The van der Waals surface area contributed by atoms with Crippen molar-refractivity contribution in [1.29, 1.82) is 0 Å². The van der Waals surface area contributed by atoms with Crippen molar-refractivity contribution < 1.29 is 0 Å². The van der Waals surface area contributed by atoms with Crippen LogP contribution in [0.2, 0.25) is 0 Å². The molecule has 0 bridgehead atoms. The van der Waals surface area contributed by atoms with E-state index in [9.17, 15) is 4.79 Å². The highest BCUT2D eigenvalue weighted by Gasteiger charge is 2.09. The van der Waals surface area contributed by atoms with E-state index in [0.29, 0.717) is 10.9 Å². The Balaban J connectivity index is 2.46. The van der Waals surface area contributed by atoms with Gasteiger partial charge in [-0.1, -0.05) is 19.8 Å². The van der Waals surface area contributed by atoms with Gasteiger partial charge in [0.15, 0.2) is 0 Å². The minimum atomic E-state index is -0.111. The summed E-state index contributed by atoms with van der Waals surface area (Å²) in [7, 11) is 0. The lowest BCUT2D eigenvalue weighted by Crippen LogP contribution is -2.13. The van der Waals surface area contributed by atoms with Crippen LogP contribution in [0, 0.1) is 6.92 Å². The minimum Gasteiger partial charge on any atom is -0.310 e. The highest BCUT2D eigenvalue weighted by atomic mass is 79.9. The van der Waals surface area contributed by atoms with Crippen LogP contribution in [-0.2, 0) is 6.42 Å². The van der Waals surface area contributed by atoms with Crippen LogP contribution >= 0.6 is 15.9 Å². The summed E-state index contributed by atoms with van der Waals surface area (Å²) in [5.41, 5.74) is 1.44. The third kappa shape index (κ3) is 2.61. The second-order valence-electron chi connectivity index (χ2n) is 4.39. The largest absolute Gasteiger partial charge is 0.310 e. The molecule has 0 atom stereocenters. The fraction of sp³-hybridized carbons (Fsp3) is 0.462. The summed E-state index contributed by atoms with van der Waals surface area (Å²) < 4.78 is 0.808. The van der Waals surface area contributed by atoms with Crippen molar-refractivity contribution in [2.24, 2.45) is 0 Å². The second kappa shape index (κ2) is 5.61. The van der Waals surface area contributed by atoms with Crippen molar-refractivity contribution >= 4 is 26.8 Å². The predicted molar refractivity (Wildman–Crippen MR) is 75.8 cm³/mol. The van der Waals surface area contributed by atoms with E-state index >= 15 is 0 Å². The van der Waals surface area contributed by atoms with Gasteiger partial charge in [0.2, 0.25) is 0 Å². The van der Waals surface area contributed by atoms with E-state index in [1.54, 1.807) is 6.20 Å². The smallest absolute Gasteiger partial charge is 0.260 e. The van der Waals surface area contributed by atoms with E-state index in [1.165, 1.54) is 0 Å². The second-order valence-corrected chi connectivity index (χ2v) is 5.18. The summed E-state index contributed by atoms with van der Waals surface area (Å²) >= 11 is 3.45. The Hall–Kier alpha value is -1.23. The third-order valence-corrected chi connectivity index (χ3v) is 3.88. The molecule has 4 nitrogen and oxygen atoms in total. The zero-order valence-electron chi connectivity index (χ0n) is 10.6. The lowest BCUT2D eigenvalue weighted by Gasteiger charge is -2.05. The molecule has 2 heterocycles. The zero-order chi connectivity index (χ0) is 13.1. The molecule has 0 aliphatic carbocycles. The number of hydrogen-bond acceptors (Lipinski definition) is 3. The number of nitrogens with one attached hydrogen (secondary N) is 1. The van der Waals surface area contributed by atoms with Gasteiger partial charge in [-0.2, -0.15) is 0 Å². The van der Waals surface area contributed by atoms with Crippen molar-refractivity contribution in [2.45, 2.75) is 39.5 Å². The van der Waals surface area contributed by atoms with Crippen LogP contribution in [0.25, 0.3) is 10.9 Å². The average molecular weight is 310 g/mol. The molecule has 2 rings (SSSR count). The summed E-state index contributed by atoms with van der Waals surface area (Å²) in [6.07, 6.45) is 5.75.